The third-order valence-electron chi connectivity index (χ3n) is 3.02. The number of benzene rings is 1. The molecule has 1 N–H and O–H groups in total. The van der Waals surface area contributed by atoms with E-state index in [9.17, 15) is 0 Å². The van der Waals surface area contributed by atoms with Crippen molar-refractivity contribution >= 4 is 16.7 Å². The van der Waals surface area contributed by atoms with Gasteiger partial charge in [0.05, 0.1) is 17.8 Å². The second-order valence-electron chi connectivity index (χ2n) is 4.63. The first kappa shape index (κ1) is 11.7. The van der Waals surface area contributed by atoms with E-state index in [1.807, 2.05) is 38.1 Å². The zero-order chi connectivity index (χ0) is 13.2. The molecule has 0 atom stereocenters. The molecule has 0 radical (unpaired) electrons. The Morgan fingerprint density at radius 1 is 1.16 bits per heavy atom. The van der Waals surface area contributed by atoms with Crippen molar-refractivity contribution in [1.29, 1.82) is 0 Å². The summed E-state index contributed by atoms with van der Waals surface area (Å²) >= 11 is 0. The van der Waals surface area contributed by atoms with E-state index in [4.69, 9.17) is 4.52 Å². The van der Waals surface area contributed by atoms with Crippen LogP contribution in [0.2, 0.25) is 0 Å². The van der Waals surface area contributed by atoms with Gasteiger partial charge in [-0.3, -0.25) is 0 Å². The fourth-order valence-electron chi connectivity index (χ4n) is 2.07. The molecule has 96 valence electrons. The minimum absolute atomic E-state index is 0.590. The normalized spacial score (nSPS) is 10.8. The van der Waals surface area contributed by atoms with E-state index in [0.717, 1.165) is 33.7 Å². The number of anilines is 1. The first-order chi connectivity index (χ1) is 9.22. The highest BCUT2D eigenvalue weighted by molar-refractivity contribution is 5.81. The molecule has 0 unspecified atom stereocenters. The van der Waals surface area contributed by atoms with Crippen LogP contribution in [-0.2, 0) is 6.54 Å². The molecule has 0 aliphatic carbocycles. The van der Waals surface area contributed by atoms with Gasteiger partial charge in [0.15, 0.2) is 5.76 Å². The van der Waals surface area contributed by atoms with Crippen molar-refractivity contribution in [2.75, 3.05) is 5.32 Å². The van der Waals surface area contributed by atoms with Crippen LogP contribution in [0.4, 0.5) is 5.82 Å². The fraction of sp³-hybridized carbons (Fsp3) is 0.200. The Bertz CT molecular complexity index is 718. The van der Waals surface area contributed by atoms with E-state index in [0.29, 0.717) is 6.54 Å². The van der Waals surface area contributed by atoms with Crippen LogP contribution in [0.25, 0.3) is 10.9 Å². The van der Waals surface area contributed by atoms with Gasteiger partial charge in [-0.15, -0.1) is 0 Å². The Balaban J connectivity index is 1.86. The summed E-state index contributed by atoms with van der Waals surface area (Å²) in [5, 5.41) is 8.31. The van der Waals surface area contributed by atoms with Gasteiger partial charge in [-0.05, 0) is 31.5 Å². The Hall–Kier alpha value is -2.36. The molecule has 0 aliphatic heterocycles. The van der Waals surface area contributed by atoms with Crippen LogP contribution < -0.4 is 5.32 Å². The molecule has 19 heavy (non-hydrogen) atoms. The van der Waals surface area contributed by atoms with Gasteiger partial charge in [0.25, 0.3) is 0 Å². The summed E-state index contributed by atoms with van der Waals surface area (Å²) in [5.41, 5.74) is 3.00. The summed E-state index contributed by atoms with van der Waals surface area (Å²) in [5.74, 6) is 1.69. The second-order valence-corrected chi connectivity index (χ2v) is 4.63. The Morgan fingerprint density at radius 2 is 2.00 bits per heavy atom. The van der Waals surface area contributed by atoms with Crippen LogP contribution in [0.1, 0.15) is 17.0 Å². The summed E-state index contributed by atoms with van der Waals surface area (Å²) in [4.78, 5) is 4.62. The summed E-state index contributed by atoms with van der Waals surface area (Å²) in [7, 11) is 0. The summed E-state index contributed by atoms with van der Waals surface area (Å²) < 4.78 is 5.17. The average molecular weight is 253 g/mol. The standard InChI is InChI=1S/C15H15N3O/c1-10-7-12-5-3-4-6-14(12)17-15(10)16-9-13-8-11(2)18-19-13/h3-8H,9H2,1-2H3,(H,16,17). The maximum absolute atomic E-state index is 5.17. The molecule has 2 heterocycles. The number of nitrogens with one attached hydrogen (secondary N) is 1. The van der Waals surface area contributed by atoms with E-state index in [-0.39, 0.29) is 0 Å². The Labute approximate surface area is 111 Å². The lowest BCUT2D eigenvalue weighted by molar-refractivity contribution is 0.384. The number of nitrogens with zero attached hydrogens (tertiary/aromatic N) is 2. The van der Waals surface area contributed by atoms with Gasteiger partial charge < -0.3 is 9.84 Å². The molecule has 0 fully saturated rings. The molecule has 1 aromatic carbocycles. The van der Waals surface area contributed by atoms with Crippen molar-refractivity contribution in [3.8, 4) is 0 Å². The zero-order valence-corrected chi connectivity index (χ0v) is 11.0. The molecular formula is C15H15N3O. The van der Waals surface area contributed by atoms with Crippen molar-refractivity contribution < 1.29 is 4.52 Å². The topological polar surface area (TPSA) is 51.0 Å². The van der Waals surface area contributed by atoms with E-state index >= 15 is 0 Å². The number of pyridine rings is 1. The molecular weight excluding hydrogens is 238 g/mol. The van der Waals surface area contributed by atoms with Crippen LogP contribution in [0.15, 0.2) is 40.9 Å². The number of para-hydroxylation sites is 1. The van der Waals surface area contributed by atoms with Crippen molar-refractivity contribution in [1.82, 2.24) is 10.1 Å². The van der Waals surface area contributed by atoms with Crippen LogP contribution >= 0.6 is 0 Å². The molecule has 0 amide bonds. The van der Waals surface area contributed by atoms with Crippen LogP contribution in [0, 0.1) is 13.8 Å². The quantitative estimate of drug-likeness (QED) is 0.776. The second kappa shape index (κ2) is 4.72. The third kappa shape index (κ3) is 2.42. The molecule has 0 saturated carbocycles. The van der Waals surface area contributed by atoms with Gasteiger partial charge in [-0.25, -0.2) is 4.98 Å². The molecule has 0 aliphatic rings. The summed E-state index contributed by atoms with van der Waals surface area (Å²) in [6.07, 6.45) is 0. The Kier molecular flexibility index (Phi) is 2.91. The highest BCUT2D eigenvalue weighted by Crippen LogP contribution is 2.20. The number of aryl methyl sites for hydroxylation is 2. The van der Waals surface area contributed by atoms with E-state index in [1.165, 1.54) is 0 Å². The zero-order valence-electron chi connectivity index (χ0n) is 11.0. The predicted octanol–water partition coefficient (Wildman–Crippen LogP) is 3.45. The first-order valence-electron chi connectivity index (χ1n) is 6.25. The SMILES string of the molecule is Cc1cc(CNc2nc3ccccc3cc2C)on1. The van der Waals surface area contributed by atoms with E-state index < -0.39 is 0 Å². The van der Waals surface area contributed by atoms with Gasteiger partial charge >= 0.3 is 0 Å². The average Bonchev–Trinajstić information content (AvgIpc) is 2.82. The van der Waals surface area contributed by atoms with Crippen molar-refractivity contribution in [3.63, 3.8) is 0 Å². The van der Waals surface area contributed by atoms with Gasteiger partial charge in [0, 0.05) is 11.5 Å². The molecule has 3 aromatic rings. The first-order valence-corrected chi connectivity index (χ1v) is 6.25. The molecule has 3 rings (SSSR count). The molecule has 4 heteroatoms. The summed E-state index contributed by atoms with van der Waals surface area (Å²) in [6, 6.07) is 12.2. The minimum atomic E-state index is 0.590. The maximum Gasteiger partial charge on any atom is 0.156 e. The monoisotopic (exact) mass is 253 g/mol. The van der Waals surface area contributed by atoms with Crippen LogP contribution in [-0.4, -0.2) is 10.1 Å². The maximum atomic E-state index is 5.17. The lowest BCUT2D eigenvalue weighted by Gasteiger charge is -2.08. The van der Waals surface area contributed by atoms with E-state index in [1.54, 1.807) is 0 Å². The minimum Gasteiger partial charge on any atom is -0.362 e. The largest absolute Gasteiger partial charge is 0.362 e. The lowest BCUT2D eigenvalue weighted by atomic mass is 10.1. The van der Waals surface area contributed by atoms with Crippen molar-refractivity contribution in [2.45, 2.75) is 20.4 Å². The molecule has 0 saturated heterocycles. The highest BCUT2D eigenvalue weighted by Gasteiger charge is 2.05. The molecule has 0 spiro atoms. The van der Waals surface area contributed by atoms with E-state index in [2.05, 4.69) is 27.6 Å². The van der Waals surface area contributed by atoms with Gasteiger partial charge in [0.2, 0.25) is 0 Å². The predicted molar refractivity (Wildman–Crippen MR) is 75.0 cm³/mol. The van der Waals surface area contributed by atoms with Gasteiger partial charge in [0.1, 0.15) is 5.82 Å². The van der Waals surface area contributed by atoms with Gasteiger partial charge in [-0.1, -0.05) is 23.4 Å². The van der Waals surface area contributed by atoms with Gasteiger partial charge in [-0.2, -0.15) is 0 Å². The van der Waals surface area contributed by atoms with Crippen LogP contribution in [0.5, 0.6) is 0 Å². The highest BCUT2D eigenvalue weighted by atomic mass is 16.5. The number of rotatable bonds is 3. The molecule has 4 nitrogen and oxygen atoms in total. The lowest BCUT2D eigenvalue weighted by Crippen LogP contribution is -2.02. The number of hydrogen-bond donors (Lipinski definition) is 1. The smallest absolute Gasteiger partial charge is 0.156 e. The van der Waals surface area contributed by atoms with Crippen molar-refractivity contribution in [3.05, 3.63) is 53.4 Å². The van der Waals surface area contributed by atoms with Crippen LogP contribution in [0.3, 0.4) is 0 Å². The number of hydrogen-bond acceptors (Lipinski definition) is 4. The molecule has 2 aromatic heterocycles. The Morgan fingerprint density at radius 3 is 2.79 bits per heavy atom. The number of fused-ring (bicyclic) bond motifs is 1. The third-order valence-corrected chi connectivity index (χ3v) is 3.02. The fourth-order valence-corrected chi connectivity index (χ4v) is 2.07. The van der Waals surface area contributed by atoms with Crippen molar-refractivity contribution in [2.24, 2.45) is 0 Å². The molecule has 0 bridgehead atoms. The number of aromatic nitrogens is 2. The summed E-state index contributed by atoms with van der Waals surface area (Å²) in [6.45, 7) is 4.55.